The summed E-state index contributed by atoms with van der Waals surface area (Å²) in [5.74, 6) is 0.829. The number of rotatable bonds is 5. The third-order valence-electron chi connectivity index (χ3n) is 2.85. The lowest BCUT2D eigenvalue weighted by Crippen LogP contribution is -2.15. The number of methoxy groups -OCH3 is 2. The normalized spacial score (nSPS) is 11.1. The molecular formula is C14H15BrN2O4S. The van der Waals surface area contributed by atoms with Gasteiger partial charge in [0.1, 0.15) is 22.2 Å². The van der Waals surface area contributed by atoms with Gasteiger partial charge in [-0.25, -0.2) is 13.4 Å². The van der Waals surface area contributed by atoms with E-state index in [9.17, 15) is 8.42 Å². The zero-order valence-electron chi connectivity index (χ0n) is 12.3. The highest BCUT2D eigenvalue weighted by molar-refractivity contribution is 9.10. The van der Waals surface area contributed by atoms with Gasteiger partial charge in [0.15, 0.2) is 0 Å². The van der Waals surface area contributed by atoms with Crippen LogP contribution in [-0.2, 0) is 10.0 Å². The zero-order valence-corrected chi connectivity index (χ0v) is 14.7. The Morgan fingerprint density at radius 1 is 1.14 bits per heavy atom. The largest absolute Gasteiger partial charge is 0.496 e. The van der Waals surface area contributed by atoms with Crippen molar-refractivity contribution in [1.82, 2.24) is 4.98 Å². The van der Waals surface area contributed by atoms with Crippen LogP contribution in [0.3, 0.4) is 0 Å². The van der Waals surface area contributed by atoms with Crippen molar-refractivity contribution in [3.8, 4) is 11.5 Å². The lowest BCUT2D eigenvalue weighted by molar-refractivity contribution is 0.390. The van der Waals surface area contributed by atoms with Crippen LogP contribution in [-0.4, -0.2) is 27.6 Å². The molecule has 6 nitrogen and oxygen atoms in total. The van der Waals surface area contributed by atoms with E-state index in [1.807, 2.05) is 0 Å². The molecule has 1 N–H and O–H groups in total. The third kappa shape index (κ3) is 3.50. The summed E-state index contributed by atoms with van der Waals surface area (Å²) in [5, 5.41) is 0. The zero-order chi connectivity index (χ0) is 16.3. The van der Waals surface area contributed by atoms with Gasteiger partial charge in [-0.2, -0.15) is 0 Å². The lowest BCUT2D eigenvalue weighted by atomic mass is 10.3. The molecule has 2 aromatic rings. The maximum Gasteiger partial charge on any atom is 0.266 e. The Hall–Kier alpha value is -1.80. The molecule has 1 aromatic heterocycles. The fraction of sp³-hybridized carbons (Fsp3) is 0.214. The summed E-state index contributed by atoms with van der Waals surface area (Å²) >= 11 is 3.29. The van der Waals surface area contributed by atoms with Crippen molar-refractivity contribution < 1.29 is 17.9 Å². The van der Waals surface area contributed by atoms with Crippen molar-refractivity contribution in [3.63, 3.8) is 0 Å². The van der Waals surface area contributed by atoms with Gasteiger partial charge in [0, 0.05) is 11.8 Å². The summed E-state index contributed by atoms with van der Waals surface area (Å²) in [6.07, 6.45) is 0. The lowest BCUT2D eigenvalue weighted by Gasteiger charge is -2.13. The number of aromatic nitrogens is 1. The molecule has 0 aliphatic heterocycles. The Labute approximate surface area is 137 Å². The number of hydrogen-bond acceptors (Lipinski definition) is 5. The topological polar surface area (TPSA) is 77.5 Å². The Kier molecular flexibility index (Phi) is 4.92. The van der Waals surface area contributed by atoms with Crippen LogP contribution in [0.5, 0.6) is 11.5 Å². The molecule has 0 radical (unpaired) electrons. The molecule has 0 saturated heterocycles. The van der Waals surface area contributed by atoms with Gasteiger partial charge in [-0.05, 0) is 41.1 Å². The van der Waals surface area contributed by atoms with E-state index in [-0.39, 0.29) is 16.5 Å². The first-order valence-electron chi connectivity index (χ1n) is 6.25. The number of pyridine rings is 1. The predicted molar refractivity (Wildman–Crippen MR) is 87.0 cm³/mol. The predicted octanol–water partition coefficient (Wildman–Crippen LogP) is 2.97. The quantitative estimate of drug-likeness (QED) is 0.854. The van der Waals surface area contributed by atoms with Gasteiger partial charge in [-0.15, -0.1) is 0 Å². The Morgan fingerprint density at radius 2 is 1.82 bits per heavy atom. The van der Waals surface area contributed by atoms with Crippen LogP contribution in [0.25, 0.3) is 0 Å². The van der Waals surface area contributed by atoms with E-state index in [2.05, 4.69) is 25.6 Å². The van der Waals surface area contributed by atoms with Crippen molar-refractivity contribution in [3.05, 3.63) is 40.5 Å². The van der Waals surface area contributed by atoms with Crippen molar-refractivity contribution in [2.75, 3.05) is 18.9 Å². The average Bonchev–Trinajstić information content (AvgIpc) is 2.46. The minimum atomic E-state index is -3.86. The molecule has 0 aliphatic rings. The standard InChI is InChI=1S/C14H15BrN2O4S/c1-9-5-4-6-14(16-9)17-22(18,19)13-8-11(20-2)10(15)7-12(13)21-3/h4-8H,1-3H3,(H,16,17). The van der Waals surface area contributed by atoms with Crippen LogP contribution in [0.15, 0.2) is 39.7 Å². The molecule has 0 aliphatic carbocycles. The van der Waals surface area contributed by atoms with E-state index in [4.69, 9.17) is 9.47 Å². The van der Waals surface area contributed by atoms with Gasteiger partial charge in [-0.1, -0.05) is 6.07 Å². The molecule has 1 heterocycles. The van der Waals surface area contributed by atoms with Gasteiger partial charge in [-0.3, -0.25) is 4.72 Å². The fourth-order valence-corrected chi connectivity index (χ4v) is 3.49. The first-order chi connectivity index (χ1) is 10.4. The number of aryl methyl sites for hydroxylation is 1. The van der Waals surface area contributed by atoms with Gasteiger partial charge in [0.05, 0.1) is 18.7 Å². The van der Waals surface area contributed by atoms with E-state index in [1.165, 1.54) is 26.4 Å². The molecule has 1 aromatic carbocycles. The van der Waals surface area contributed by atoms with Gasteiger partial charge < -0.3 is 9.47 Å². The first-order valence-corrected chi connectivity index (χ1v) is 8.53. The van der Waals surface area contributed by atoms with Crippen LogP contribution < -0.4 is 14.2 Å². The van der Waals surface area contributed by atoms with Gasteiger partial charge in [0.25, 0.3) is 10.0 Å². The fourth-order valence-electron chi connectivity index (χ4n) is 1.83. The van der Waals surface area contributed by atoms with Gasteiger partial charge in [0.2, 0.25) is 0 Å². The highest BCUT2D eigenvalue weighted by Gasteiger charge is 2.22. The van der Waals surface area contributed by atoms with E-state index in [1.54, 1.807) is 25.1 Å². The van der Waals surface area contributed by atoms with Crippen molar-refractivity contribution >= 4 is 31.8 Å². The molecule has 0 amide bonds. The Morgan fingerprint density at radius 3 is 2.41 bits per heavy atom. The number of sulfonamides is 1. The average molecular weight is 387 g/mol. The minimum absolute atomic E-state index is 0.0293. The number of nitrogens with zero attached hydrogens (tertiary/aromatic N) is 1. The SMILES string of the molecule is COc1cc(S(=O)(=O)Nc2cccc(C)n2)c(OC)cc1Br. The molecule has 0 unspecified atom stereocenters. The number of anilines is 1. The van der Waals surface area contributed by atoms with Crippen LogP contribution in [0, 0.1) is 6.92 Å². The van der Waals surface area contributed by atoms with E-state index in [0.717, 1.165) is 0 Å². The van der Waals surface area contributed by atoms with Crippen LogP contribution in [0.1, 0.15) is 5.69 Å². The molecular weight excluding hydrogens is 372 g/mol. The van der Waals surface area contributed by atoms with Crippen molar-refractivity contribution in [2.24, 2.45) is 0 Å². The first kappa shape index (κ1) is 16.6. The Balaban J connectivity index is 2.48. The third-order valence-corrected chi connectivity index (χ3v) is 4.85. The maximum atomic E-state index is 12.6. The number of halogens is 1. The summed E-state index contributed by atoms with van der Waals surface area (Å²) in [7, 11) is -1.00. The van der Waals surface area contributed by atoms with E-state index < -0.39 is 10.0 Å². The summed E-state index contributed by atoms with van der Waals surface area (Å²) < 4.78 is 38.5. The van der Waals surface area contributed by atoms with Crippen molar-refractivity contribution in [2.45, 2.75) is 11.8 Å². The molecule has 0 fully saturated rings. The number of nitrogens with one attached hydrogen (secondary N) is 1. The summed E-state index contributed by atoms with van der Waals surface area (Å²) in [6.45, 7) is 1.78. The molecule has 118 valence electrons. The van der Waals surface area contributed by atoms with Gasteiger partial charge >= 0.3 is 0 Å². The number of hydrogen-bond donors (Lipinski definition) is 1. The molecule has 0 spiro atoms. The number of benzene rings is 1. The Bertz CT molecular complexity index is 793. The highest BCUT2D eigenvalue weighted by atomic mass is 79.9. The van der Waals surface area contributed by atoms with E-state index in [0.29, 0.717) is 15.9 Å². The smallest absolute Gasteiger partial charge is 0.266 e. The highest BCUT2D eigenvalue weighted by Crippen LogP contribution is 2.35. The second-order valence-corrected chi connectivity index (χ2v) is 6.91. The van der Waals surface area contributed by atoms with Crippen LogP contribution in [0.4, 0.5) is 5.82 Å². The molecule has 22 heavy (non-hydrogen) atoms. The van der Waals surface area contributed by atoms with Crippen LogP contribution in [0.2, 0.25) is 0 Å². The van der Waals surface area contributed by atoms with E-state index >= 15 is 0 Å². The van der Waals surface area contributed by atoms with Crippen molar-refractivity contribution in [1.29, 1.82) is 0 Å². The maximum absolute atomic E-state index is 12.6. The second-order valence-electron chi connectivity index (χ2n) is 4.41. The molecule has 0 bridgehead atoms. The van der Waals surface area contributed by atoms with Crippen LogP contribution >= 0.6 is 15.9 Å². The minimum Gasteiger partial charge on any atom is -0.496 e. The molecule has 2 rings (SSSR count). The summed E-state index contributed by atoms with van der Waals surface area (Å²) in [5.41, 5.74) is 0.709. The second kappa shape index (κ2) is 6.53. The monoisotopic (exact) mass is 386 g/mol. The molecule has 0 saturated carbocycles. The summed E-state index contributed by atoms with van der Waals surface area (Å²) in [6, 6.07) is 8.01. The number of ether oxygens (including phenoxy) is 2. The molecule has 8 heteroatoms. The molecule has 0 atom stereocenters. The summed E-state index contributed by atoms with van der Waals surface area (Å²) in [4.78, 5) is 4.10.